The van der Waals surface area contributed by atoms with Crippen LogP contribution in [0.2, 0.25) is 0 Å². The third-order valence-electron chi connectivity index (χ3n) is 22.7. The zero-order chi connectivity index (χ0) is 68.3. The summed E-state index contributed by atoms with van der Waals surface area (Å²) < 4.78 is 49.8. The molecule has 21 rings (SSSR count). The average Bonchev–Trinajstić information content (AvgIpc) is 1.59. The van der Waals surface area contributed by atoms with Crippen molar-refractivity contribution in [2.75, 3.05) is 250 Å². The van der Waals surface area contributed by atoms with Crippen molar-refractivity contribution in [3.8, 4) is 45.6 Å². The molecule has 3 aromatic heterocycles. The van der Waals surface area contributed by atoms with Gasteiger partial charge in [-0.05, 0) is 0 Å². The van der Waals surface area contributed by atoms with E-state index in [1.54, 1.807) is 0 Å². The SMILES string of the molecule is [Cu+2].c1ccc2c(N3CCOCC3)c3c(c(N4CCOCC4)c2c1)-c1nc-3nc2[n-]c(nc3nc(nc4[n-]c(n1)c1c(N5CCOCC5)c5ccccc5c(N5CCOCC5)c41)-c1c-3c(N3CCOCC3)c3ccccc3c1N1CCOCC1)c1c(N3CCOCC3)c3ccccc3c(N3CCOCC3)c21. The van der Waals surface area contributed by atoms with Crippen molar-refractivity contribution in [2.45, 2.75) is 0 Å². The summed E-state index contributed by atoms with van der Waals surface area (Å²) in [5.41, 5.74) is 13.7. The first-order chi connectivity index (χ1) is 51.7. The maximum absolute atomic E-state index is 6.23. The predicted octanol–water partition coefficient (Wildman–Crippen LogP) is 9.43. The van der Waals surface area contributed by atoms with E-state index in [0.717, 1.165) is 132 Å². The van der Waals surface area contributed by atoms with E-state index in [1.165, 1.54) is 0 Å². The molecule has 539 valence electrons. The third-order valence-corrected chi connectivity index (χ3v) is 22.7. The molecule has 1 radical (unpaired) electrons. The summed E-state index contributed by atoms with van der Waals surface area (Å²) in [6, 6.07) is 35.4. The maximum atomic E-state index is 6.23. The molecule has 105 heavy (non-hydrogen) atoms. The topological polar surface area (TPSA) is 205 Å². The molecule has 11 aromatic rings. The van der Waals surface area contributed by atoms with Crippen LogP contribution in [0.15, 0.2) is 97.1 Å². The Kier molecular flexibility index (Phi) is 17.0. The van der Waals surface area contributed by atoms with E-state index >= 15 is 0 Å². The van der Waals surface area contributed by atoms with Crippen molar-refractivity contribution in [3.05, 3.63) is 97.1 Å². The van der Waals surface area contributed by atoms with Crippen LogP contribution >= 0.6 is 0 Å². The minimum absolute atomic E-state index is 0. The Morgan fingerprint density at radius 2 is 0.362 bits per heavy atom. The second-order valence-corrected chi connectivity index (χ2v) is 28.2. The van der Waals surface area contributed by atoms with Gasteiger partial charge in [0.05, 0.1) is 175 Å². The van der Waals surface area contributed by atoms with Gasteiger partial charge in [0, 0.05) is 214 Å². The second kappa shape index (κ2) is 27.3. The van der Waals surface area contributed by atoms with E-state index in [-0.39, 0.29) is 17.1 Å². The molecule has 0 aliphatic carbocycles. The molecule has 0 amide bonds. The molecule has 0 spiro atoms. The Hall–Kier alpha value is -9.24. The van der Waals surface area contributed by atoms with E-state index < -0.39 is 0 Å². The maximum Gasteiger partial charge on any atom is 2.00 e. The largest absolute Gasteiger partial charge is 2.00 e. The zero-order valence-corrected chi connectivity index (χ0v) is 59.5. The van der Waals surface area contributed by atoms with Gasteiger partial charge in [0.2, 0.25) is 0 Å². The quantitative estimate of drug-likeness (QED) is 0.130. The molecule has 25 heteroatoms. The van der Waals surface area contributed by atoms with Crippen molar-refractivity contribution < 1.29 is 55.0 Å². The monoisotopic (exact) mass is 1460 g/mol. The number of morpholine rings is 8. The Bertz CT molecular complexity index is 4780. The Balaban J connectivity index is 0.00000732. The van der Waals surface area contributed by atoms with E-state index in [9.17, 15) is 0 Å². The van der Waals surface area contributed by atoms with Crippen LogP contribution in [-0.4, -0.2) is 240 Å². The molecule has 0 unspecified atom stereocenters. The first kappa shape index (κ1) is 65.3. The molecule has 0 atom stereocenters. The van der Waals surface area contributed by atoms with Gasteiger partial charge in [-0.25, -0.2) is 9.97 Å². The van der Waals surface area contributed by atoms with Gasteiger partial charge < -0.3 is 107 Å². The van der Waals surface area contributed by atoms with Gasteiger partial charge in [0.25, 0.3) is 0 Å². The van der Waals surface area contributed by atoms with Crippen LogP contribution in [0.3, 0.4) is 0 Å². The molecule has 8 fully saturated rings. The second-order valence-electron chi connectivity index (χ2n) is 28.2. The average molecular weight is 1460 g/mol. The number of hydrogen-bond acceptors (Lipinski definition) is 22. The van der Waals surface area contributed by atoms with Crippen molar-refractivity contribution >= 4 is 133 Å². The number of rotatable bonds is 8. The standard InChI is InChI=1S/C80H80N16O8.Cu/c1-2-10-50-49(9-1)65(89-17-33-97-34-18-89)57-58(66(50)90-19-35-98-36-20-90)74-81-73(57)85-75-59-60(68(92-23-39-100-40-24-92)52-12-4-3-11-51(52)67(59)91-21-37-99-38-22-91)77(82-75)87-79-63-64(72(96-31-47-104-48-32-96)56-16-8-7-15-55(56)71(63)95-29-45-103-46-30-95)80(84-79)88-78-62-61(76(83-78)86-74)69(93-25-41-101-42-26-93)53-13-5-6-14-54(53)70(62)94-27-43-102-44-28-94;/h1-16H,17-48H2;/q-2;+2. The number of nitrogens with zero attached hydrogens (tertiary/aromatic N) is 16. The number of fused-ring (bicyclic) bond motifs is 24. The van der Waals surface area contributed by atoms with Crippen molar-refractivity contribution in [1.29, 1.82) is 0 Å². The Morgan fingerprint density at radius 1 is 0.210 bits per heavy atom. The Morgan fingerprint density at radius 3 is 0.533 bits per heavy atom. The molecule has 10 aliphatic heterocycles. The van der Waals surface area contributed by atoms with Crippen molar-refractivity contribution in [2.24, 2.45) is 0 Å². The van der Waals surface area contributed by atoms with Crippen LogP contribution in [0, 0.1) is 0 Å². The normalized spacial score (nSPS) is 19.2. The molecular weight excluding hydrogens is 1380 g/mol. The summed E-state index contributed by atoms with van der Waals surface area (Å²) >= 11 is 0. The van der Waals surface area contributed by atoms with Crippen LogP contribution in [0.5, 0.6) is 0 Å². The van der Waals surface area contributed by atoms with E-state index in [2.05, 4.69) is 136 Å². The van der Waals surface area contributed by atoms with Crippen LogP contribution in [0.25, 0.3) is 133 Å². The Labute approximate surface area is 616 Å². The molecule has 8 saturated heterocycles. The summed E-state index contributed by atoms with van der Waals surface area (Å²) in [7, 11) is 0. The van der Waals surface area contributed by atoms with Crippen LogP contribution in [0.1, 0.15) is 0 Å². The fourth-order valence-corrected chi connectivity index (χ4v) is 18.2. The van der Waals surface area contributed by atoms with Crippen molar-refractivity contribution in [3.63, 3.8) is 0 Å². The number of hydrogen-bond donors (Lipinski definition) is 0. The third kappa shape index (κ3) is 10.8. The minimum atomic E-state index is 0. The van der Waals surface area contributed by atoms with Gasteiger partial charge in [0.15, 0.2) is 0 Å². The molecule has 0 N–H and O–H groups in total. The number of benzene rings is 8. The van der Waals surface area contributed by atoms with Crippen LogP contribution in [0.4, 0.5) is 45.5 Å². The molecule has 0 saturated carbocycles. The van der Waals surface area contributed by atoms with E-state index in [4.69, 9.17) is 77.8 Å². The molecule has 24 nitrogen and oxygen atoms in total. The van der Waals surface area contributed by atoms with Crippen molar-refractivity contribution in [1.82, 2.24) is 39.9 Å². The van der Waals surface area contributed by atoms with Gasteiger partial charge >= 0.3 is 17.1 Å². The summed E-state index contributed by atoms with van der Waals surface area (Å²) in [5, 5.41) is 12.3. The fourth-order valence-electron chi connectivity index (χ4n) is 18.2. The zero-order valence-electron chi connectivity index (χ0n) is 58.6. The first-order valence-corrected chi connectivity index (χ1v) is 37.4. The first-order valence-electron chi connectivity index (χ1n) is 37.4. The summed E-state index contributed by atoms with van der Waals surface area (Å²) in [6.45, 7) is 19.4. The van der Waals surface area contributed by atoms with Gasteiger partial charge in [-0.15, -0.1) is 0 Å². The summed E-state index contributed by atoms with van der Waals surface area (Å²) in [6.07, 6.45) is 0. The molecule has 8 bridgehead atoms. The van der Waals surface area contributed by atoms with Gasteiger partial charge in [-0.2, -0.15) is 0 Å². The van der Waals surface area contributed by atoms with Gasteiger partial charge in [0.1, 0.15) is 0 Å². The van der Waals surface area contributed by atoms with E-state index in [1.807, 2.05) is 0 Å². The predicted molar refractivity (Wildman–Crippen MR) is 408 cm³/mol. The molecule has 13 heterocycles. The smallest absolute Gasteiger partial charge is 0.378 e. The molecule has 8 aromatic carbocycles. The number of ether oxygens (including phenoxy) is 8. The molecular formula is C80H80CuN16O8. The van der Waals surface area contributed by atoms with E-state index in [0.29, 0.717) is 256 Å². The minimum Gasteiger partial charge on any atom is -0.378 e. The van der Waals surface area contributed by atoms with Gasteiger partial charge in [-0.3, -0.25) is 0 Å². The van der Waals surface area contributed by atoms with Crippen LogP contribution in [-0.2, 0) is 55.0 Å². The van der Waals surface area contributed by atoms with Gasteiger partial charge in [-0.1, -0.05) is 97.1 Å². The number of anilines is 8. The summed E-state index contributed by atoms with van der Waals surface area (Å²) in [5.74, 6) is 1.99. The molecule has 10 aliphatic rings. The number of aromatic nitrogens is 8. The summed E-state index contributed by atoms with van der Waals surface area (Å²) in [4.78, 5) is 68.7. The van der Waals surface area contributed by atoms with Crippen LogP contribution < -0.4 is 49.2 Å². The fraction of sp³-hybridized carbons (Fsp3) is 0.400.